The molecule has 0 N–H and O–H groups in total. The van der Waals surface area contributed by atoms with Gasteiger partial charge in [0.15, 0.2) is 12.2 Å². The number of ether oxygens (including phenoxy) is 2. The molecule has 157 valence electrons. The summed E-state index contributed by atoms with van der Waals surface area (Å²) in [5.41, 5.74) is 0. The van der Waals surface area contributed by atoms with E-state index in [1.54, 1.807) is 0 Å². The van der Waals surface area contributed by atoms with Crippen LogP contribution in [0.3, 0.4) is 0 Å². The van der Waals surface area contributed by atoms with Crippen molar-refractivity contribution in [2.24, 2.45) is 0 Å². The summed E-state index contributed by atoms with van der Waals surface area (Å²) in [6, 6.07) is 10.9. The lowest BCUT2D eigenvalue weighted by Crippen LogP contribution is -2.31. The quantitative estimate of drug-likeness (QED) is 0.426. The maximum absolute atomic E-state index is 12.5. The summed E-state index contributed by atoms with van der Waals surface area (Å²) in [7, 11) is 0.874. The second-order valence-electron chi connectivity index (χ2n) is 5.89. The maximum atomic E-state index is 12.5. The molecular weight excluding hydrogens is 405 g/mol. The molecule has 0 heterocycles. The van der Waals surface area contributed by atoms with Crippen LogP contribution >= 0.6 is 0 Å². The Morgan fingerprint density at radius 3 is 1.34 bits per heavy atom. The van der Waals surface area contributed by atoms with E-state index in [0.29, 0.717) is 0 Å². The molecule has 29 heavy (non-hydrogen) atoms. The highest BCUT2D eigenvalue weighted by Gasteiger charge is 2.38. The van der Waals surface area contributed by atoms with Gasteiger partial charge in [-0.05, 0) is 38.1 Å². The van der Waals surface area contributed by atoms with E-state index in [9.17, 15) is 26.3 Å². The lowest BCUT2D eigenvalue weighted by Gasteiger charge is -2.18. The highest BCUT2D eigenvalue weighted by atomic mass is 19.4. The summed E-state index contributed by atoms with van der Waals surface area (Å²) in [5.74, 6) is 0.152. The Balaban J connectivity index is 1.90. The van der Waals surface area contributed by atoms with E-state index in [2.05, 4.69) is 0 Å². The van der Waals surface area contributed by atoms with E-state index in [-0.39, 0.29) is 23.0 Å². The Morgan fingerprint density at radius 2 is 1.00 bits per heavy atom. The van der Waals surface area contributed by atoms with Gasteiger partial charge in [-0.25, -0.2) is 0 Å². The number of hydrogen-bond acceptors (Lipinski definition) is 4. The Labute approximate surface area is 163 Å². The second-order valence-corrected chi connectivity index (χ2v) is 5.89. The van der Waals surface area contributed by atoms with E-state index in [0.717, 1.165) is 21.5 Å². The Bertz CT molecular complexity index is 731. The van der Waals surface area contributed by atoms with Crippen molar-refractivity contribution in [2.45, 2.75) is 38.4 Å². The molecule has 0 aliphatic rings. The summed E-state index contributed by atoms with van der Waals surface area (Å²) < 4.78 is 95.2. The predicted molar refractivity (Wildman–Crippen MR) is 92.2 cm³/mol. The fourth-order valence-corrected chi connectivity index (χ4v) is 1.92. The Hall–Kier alpha value is -2.72. The molecule has 0 bridgehead atoms. The first kappa shape index (κ1) is 22.6. The number of hydrogen-bond donors (Lipinski definition) is 0. The van der Waals surface area contributed by atoms with Crippen LogP contribution < -0.4 is 18.8 Å². The van der Waals surface area contributed by atoms with Crippen molar-refractivity contribution >= 4 is 7.69 Å². The molecule has 0 aliphatic carbocycles. The average molecular weight is 421 g/mol. The topological polar surface area (TPSA) is 36.9 Å². The molecule has 2 unspecified atom stereocenters. The van der Waals surface area contributed by atoms with Crippen LogP contribution in [0.15, 0.2) is 48.5 Å². The average Bonchev–Trinajstić information content (AvgIpc) is 2.61. The lowest BCUT2D eigenvalue weighted by molar-refractivity contribution is -0.189. The van der Waals surface area contributed by atoms with Crippen molar-refractivity contribution in [3.05, 3.63) is 48.5 Å². The van der Waals surface area contributed by atoms with E-state index >= 15 is 0 Å². The molecule has 4 nitrogen and oxygen atoms in total. The minimum absolute atomic E-state index is 0.0581. The summed E-state index contributed by atoms with van der Waals surface area (Å²) in [4.78, 5) is 0. The molecular formula is C18H16BF6O4. The van der Waals surface area contributed by atoms with Crippen LogP contribution in [0.2, 0.25) is 0 Å². The zero-order chi connectivity index (χ0) is 21.7. The third kappa shape index (κ3) is 7.32. The molecule has 0 fully saturated rings. The van der Waals surface area contributed by atoms with Gasteiger partial charge in [-0.3, -0.25) is 0 Å². The molecule has 1 radical (unpaired) electrons. The van der Waals surface area contributed by atoms with Crippen molar-refractivity contribution in [1.82, 2.24) is 0 Å². The van der Waals surface area contributed by atoms with Gasteiger partial charge in [0.05, 0.1) is 0 Å². The molecule has 2 rings (SSSR count). The minimum Gasteiger partial charge on any atom is -0.526 e. The fourth-order valence-electron chi connectivity index (χ4n) is 1.92. The van der Waals surface area contributed by atoms with Crippen LogP contribution in [0, 0.1) is 0 Å². The SMILES string of the molecule is CC(Oc1cccc(O[B]Oc2cccc(OC(C)C(F)(F)F)c2)c1)C(F)(F)F. The van der Waals surface area contributed by atoms with Gasteiger partial charge in [0.1, 0.15) is 23.0 Å². The summed E-state index contributed by atoms with van der Waals surface area (Å²) in [6.07, 6.45) is -13.0. The van der Waals surface area contributed by atoms with Crippen LogP contribution in [0.5, 0.6) is 23.0 Å². The number of alkyl halides is 6. The Kier molecular flexibility index (Phi) is 7.15. The number of benzene rings is 2. The fraction of sp³-hybridized carbons (Fsp3) is 0.333. The van der Waals surface area contributed by atoms with Crippen LogP contribution in [0.4, 0.5) is 26.3 Å². The predicted octanol–water partition coefficient (Wildman–Crippen LogP) is 5.34. The van der Waals surface area contributed by atoms with Crippen LogP contribution in [-0.4, -0.2) is 32.2 Å². The minimum atomic E-state index is -4.51. The van der Waals surface area contributed by atoms with Crippen molar-refractivity contribution in [2.75, 3.05) is 0 Å². The smallest absolute Gasteiger partial charge is 0.526 e. The maximum Gasteiger partial charge on any atom is 0.658 e. The van der Waals surface area contributed by atoms with E-state index in [4.69, 9.17) is 18.8 Å². The highest BCUT2D eigenvalue weighted by molar-refractivity contribution is 6.20. The summed E-state index contributed by atoms with van der Waals surface area (Å²) >= 11 is 0. The molecule has 0 saturated carbocycles. The van der Waals surface area contributed by atoms with Gasteiger partial charge < -0.3 is 18.8 Å². The van der Waals surface area contributed by atoms with Gasteiger partial charge in [-0.15, -0.1) is 0 Å². The monoisotopic (exact) mass is 421 g/mol. The molecule has 0 aliphatic heterocycles. The van der Waals surface area contributed by atoms with Gasteiger partial charge in [-0.1, -0.05) is 12.1 Å². The van der Waals surface area contributed by atoms with Crippen molar-refractivity contribution in [3.8, 4) is 23.0 Å². The van der Waals surface area contributed by atoms with E-state index in [1.165, 1.54) is 48.5 Å². The van der Waals surface area contributed by atoms with Crippen molar-refractivity contribution in [3.63, 3.8) is 0 Å². The third-order valence-electron chi connectivity index (χ3n) is 3.53. The largest absolute Gasteiger partial charge is 0.658 e. The van der Waals surface area contributed by atoms with Crippen LogP contribution in [0.25, 0.3) is 0 Å². The number of halogens is 6. The van der Waals surface area contributed by atoms with Crippen molar-refractivity contribution in [1.29, 1.82) is 0 Å². The number of rotatable bonds is 8. The van der Waals surface area contributed by atoms with Gasteiger partial charge in [0, 0.05) is 12.1 Å². The standard InChI is InChI=1S/C18H16BF6O4/c1-11(17(20,21)22)26-13-5-3-7-15(9-13)28-19-29-16-8-4-6-14(10-16)27-12(2)18(23,24)25/h3-12H,1-2H3. The van der Waals surface area contributed by atoms with Gasteiger partial charge in [0.2, 0.25) is 0 Å². The molecule has 0 aromatic heterocycles. The van der Waals surface area contributed by atoms with E-state index in [1.807, 2.05) is 0 Å². The first-order valence-electron chi connectivity index (χ1n) is 8.27. The molecule has 0 saturated heterocycles. The third-order valence-corrected chi connectivity index (χ3v) is 3.53. The van der Waals surface area contributed by atoms with E-state index < -0.39 is 24.6 Å². The summed E-state index contributed by atoms with van der Waals surface area (Å²) in [5, 5.41) is 0. The molecule has 2 atom stereocenters. The summed E-state index contributed by atoms with van der Waals surface area (Å²) in [6.45, 7) is 1.74. The van der Waals surface area contributed by atoms with Crippen LogP contribution in [0.1, 0.15) is 13.8 Å². The molecule has 2 aromatic carbocycles. The highest BCUT2D eigenvalue weighted by Crippen LogP contribution is 2.28. The molecule has 0 amide bonds. The molecule has 2 aromatic rings. The van der Waals surface area contributed by atoms with Crippen LogP contribution in [-0.2, 0) is 0 Å². The first-order valence-corrected chi connectivity index (χ1v) is 8.27. The Morgan fingerprint density at radius 1 is 0.655 bits per heavy atom. The van der Waals surface area contributed by atoms with Gasteiger partial charge >= 0.3 is 20.0 Å². The van der Waals surface area contributed by atoms with Gasteiger partial charge in [-0.2, -0.15) is 26.3 Å². The molecule has 0 spiro atoms. The second kappa shape index (κ2) is 9.19. The first-order chi connectivity index (χ1) is 13.4. The zero-order valence-corrected chi connectivity index (χ0v) is 15.3. The molecule has 11 heteroatoms. The lowest BCUT2D eigenvalue weighted by atomic mass is 10.2. The normalized spacial score (nSPS) is 13.9. The van der Waals surface area contributed by atoms with Crippen molar-refractivity contribution < 1.29 is 45.1 Å². The zero-order valence-electron chi connectivity index (χ0n) is 15.3. The van der Waals surface area contributed by atoms with Gasteiger partial charge in [0.25, 0.3) is 0 Å².